The van der Waals surface area contributed by atoms with E-state index in [9.17, 15) is 9.59 Å². The van der Waals surface area contributed by atoms with Crippen molar-refractivity contribution in [2.75, 3.05) is 38.1 Å². The molecule has 2 aliphatic rings. The summed E-state index contributed by atoms with van der Waals surface area (Å²) in [5, 5.41) is 0. The number of likely N-dealkylation sites (N-methyl/N-ethyl adjacent to an activating group) is 1. The van der Waals surface area contributed by atoms with Gasteiger partial charge in [0.15, 0.2) is 0 Å². The third-order valence-electron chi connectivity index (χ3n) is 4.92. The summed E-state index contributed by atoms with van der Waals surface area (Å²) in [4.78, 5) is 31.0. The average molecular weight is 301 g/mol. The Morgan fingerprint density at radius 3 is 2.41 bits per heavy atom. The van der Waals surface area contributed by atoms with E-state index in [0.29, 0.717) is 6.42 Å². The van der Waals surface area contributed by atoms with Gasteiger partial charge in [-0.05, 0) is 38.1 Å². The monoisotopic (exact) mass is 301 g/mol. The van der Waals surface area contributed by atoms with E-state index >= 15 is 0 Å². The van der Waals surface area contributed by atoms with Gasteiger partial charge in [0.25, 0.3) is 5.91 Å². The summed E-state index contributed by atoms with van der Waals surface area (Å²) >= 11 is 0. The second kappa shape index (κ2) is 5.82. The summed E-state index contributed by atoms with van der Waals surface area (Å²) in [5.74, 6) is -0.147. The van der Waals surface area contributed by atoms with Crippen molar-refractivity contribution in [1.82, 2.24) is 9.80 Å². The standard InChI is InChI=1S/C17H23N3O2/c1-12-5-4-6-14(13(12)2)20-16(21)11-15(17(20)22)19-9-7-18(3)8-10-19/h4-6,15H,7-11H2,1-3H3/t15-/m1/s1. The van der Waals surface area contributed by atoms with E-state index in [1.807, 2.05) is 32.0 Å². The fourth-order valence-electron chi connectivity index (χ4n) is 3.27. The zero-order valence-electron chi connectivity index (χ0n) is 13.5. The van der Waals surface area contributed by atoms with Crippen LogP contribution in [0.3, 0.4) is 0 Å². The first kappa shape index (κ1) is 15.2. The van der Waals surface area contributed by atoms with Crippen LogP contribution in [-0.4, -0.2) is 60.9 Å². The van der Waals surface area contributed by atoms with Gasteiger partial charge in [-0.15, -0.1) is 0 Å². The highest BCUT2D eigenvalue weighted by atomic mass is 16.2. The Kier molecular flexibility index (Phi) is 4.02. The molecule has 2 heterocycles. The quantitative estimate of drug-likeness (QED) is 0.770. The summed E-state index contributed by atoms with van der Waals surface area (Å²) in [6, 6.07) is 5.48. The van der Waals surface area contributed by atoms with Crippen LogP contribution >= 0.6 is 0 Å². The Morgan fingerprint density at radius 2 is 1.73 bits per heavy atom. The molecule has 3 rings (SSSR count). The van der Waals surface area contributed by atoms with Crippen molar-refractivity contribution in [2.45, 2.75) is 26.3 Å². The first-order valence-corrected chi connectivity index (χ1v) is 7.84. The van der Waals surface area contributed by atoms with E-state index in [1.54, 1.807) is 0 Å². The van der Waals surface area contributed by atoms with Gasteiger partial charge in [0.05, 0.1) is 18.2 Å². The number of benzene rings is 1. The van der Waals surface area contributed by atoms with Crippen LogP contribution in [0.25, 0.3) is 0 Å². The summed E-state index contributed by atoms with van der Waals surface area (Å²) in [5.41, 5.74) is 2.84. The molecule has 0 unspecified atom stereocenters. The van der Waals surface area contributed by atoms with Gasteiger partial charge in [-0.25, -0.2) is 4.90 Å². The fraction of sp³-hybridized carbons (Fsp3) is 0.529. The van der Waals surface area contributed by atoms with Gasteiger partial charge in [0.1, 0.15) is 0 Å². The Bertz CT molecular complexity index is 606. The molecule has 5 heteroatoms. The number of anilines is 1. The number of aryl methyl sites for hydroxylation is 1. The summed E-state index contributed by atoms with van der Waals surface area (Å²) < 4.78 is 0. The first-order valence-electron chi connectivity index (χ1n) is 7.84. The number of amides is 2. The first-order chi connectivity index (χ1) is 10.5. The highest BCUT2D eigenvalue weighted by Gasteiger charge is 2.43. The van der Waals surface area contributed by atoms with Crippen LogP contribution in [0.4, 0.5) is 5.69 Å². The van der Waals surface area contributed by atoms with Gasteiger partial charge in [-0.2, -0.15) is 0 Å². The van der Waals surface area contributed by atoms with Crippen LogP contribution in [0.15, 0.2) is 18.2 Å². The maximum absolute atomic E-state index is 12.8. The molecule has 1 aromatic rings. The Labute approximate surface area is 131 Å². The smallest absolute Gasteiger partial charge is 0.251 e. The molecule has 2 fully saturated rings. The minimum Gasteiger partial charge on any atom is -0.304 e. The minimum atomic E-state index is -0.291. The molecule has 1 atom stereocenters. The van der Waals surface area contributed by atoms with Crippen molar-refractivity contribution in [2.24, 2.45) is 0 Å². The maximum atomic E-state index is 12.8. The van der Waals surface area contributed by atoms with E-state index in [2.05, 4.69) is 16.8 Å². The lowest BCUT2D eigenvalue weighted by molar-refractivity contribution is -0.123. The summed E-state index contributed by atoms with van der Waals surface area (Å²) in [6.07, 6.45) is 0.302. The number of nitrogens with zero attached hydrogens (tertiary/aromatic N) is 3. The number of hydrogen-bond acceptors (Lipinski definition) is 4. The molecular formula is C17H23N3O2. The second-order valence-electron chi connectivity index (χ2n) is 6.35. The number of carbonyl (C=O) groups is 2. The van der Waals surface area contributed by atoms with Crippen LogP contribution in [0.2, 0.25) is 0 Å². The maximum Gasteiger partial charge on any atom is 0.251 e. The molecule has 0 N–H and O–H groups in total. The largest absolute Gasteiger partial charge is 0.304 e. The molecule has 0 radical (unpaired) electrons. The van der Waals surface area contributed by atoms with Gasteiger partial charge in [0, 0.05) is 26.2 Å². The lowest BCUT2D eigenvalue weighted by atomic mass is 10.1. The number of imide groups is 1. The second-order valence-corrected chi connectivity index (χ2v) is 6.35. The molecule has 5 nitrogen and oxygen atoms in total. The number of hydrogen-bond donors (Lipinski definition) is 0. The molecule has 22 heavy (non-hydrogen) atoms. The molecule has 2 saturated heterocycles. The minimum absolute atomic E-state index is 0.0664. The normalized spacial score (nSPS) is 24.3. The van der Waals surface area contributed by atoms with Crippen molar-refractivity contribution >= 4 is 17.5 Å². The topological polar surface area (TPSA) is 43.9 Å². The van der Waals surface area contributed by atoms with Crippen molar-refractivity contribution in [3.05, 3.63) is 29.3 Å². The van der Waals surface area contributed by atoms with Crippen LogP contribution in [-0.2, 0) is 9.59 Å². The summed E-state index contributed by atoms with van der Waals surface area (Å²) in [6.45, 7) is 7.56. The molecule has 0 bridgehead atoms. The van der Waals surface area contributed by atoms with Crippen molar-refractivity contribution in [3.63, 3.8) is 0 Å². The van der Waals surface area contributed by atoms with E-state index < -0.39 is 0 Å². The van der Waals surface area contributed by atoms with E-state index in [-0.39, 0.29) is 17.9 Å². The summed E-state index contributed by atoms with van der Waals surface area (Å²) in [7, 11) is 2.08. The van der Waals surface area contributed by atoms with Gasteiger partial charge in [-0.1, -0.05) is 12.1 Å². The molecule has 0 spiro atoms. The molecular weight excluding hydrogens is 278 g/mol. The van der Waals surface area contributed by atoms with Crippen LogP contribution in [0, 0.1) is 13.8 Å². The van der Waals surface area contributed by atoms with Gasteiger partial charge < -0.3 is 4.90 Å². The number of carbonyl (C=O) groups excluding carboxylic acids is 2. The van der Waals surface area contributed by atoms with Gasteiger partial charge in [0.2, 0.25) is 5.91 Å². The highest BCUT2D eigenvalue weighted by Crippen LogP contribution is 2.30. The molecule has 0 saturated carbocycles. The predicted molar refractivity (Wildman–Crippen MR) is 85.9 cm³/mol. The fourth-order valence-corrected chi connectivity index (χ4v) is 3.27. The van der Waals surface area contributed by atoms with Gasteiger partial charge in [-0.3, -0.25) is 14.5 Å². The van der Waals surface area contributed by atoms with Crippen LogP contribution in [0.5, 0.6) is 0 Å². The van der Waals surface area contributed by atoms with Crippen molar-refractivity contribution < 1.29 is 9.59 Å². The predicted octanol–water partition coefficient (Wildman–Crippen LogP) is 1.18. The molecule has 118 valence electrons. The van der Waals surface area contributed by atoms with Crippen LogP contribution < -0.4 is 4.90 Å². The Hall–Kier alpha value is -1.72. The van der Waals surface area contributed by atoms with E-state index in [1.165, 1.54) is 4.90 Å². The molecule has 0 aliphatic carbocycles. The molecule has 1 aromatic carbocycles. The van der Waals surface area contributed by atoms with Crippen molar-refractivity contribution in [3.8, 4) is 0 Å². The number of piperazine rings is 1. The third kappa shape index (κ3) is 2.55. The molecule has 2 aliphatic heterocycles. The number of rotatable bonds is 2. The molecule has 0 aromatic heterocycles. The Balaban J connectivity index is 1.84. The van der Waals surface area contributed by atoms with E-state index in [4.69, 9.17) is 0 Å². The zero-order valence-corrected chi connectivity index (χ0v) is 13.5. The zero-order chi connectivity index (χ0) is 15.9. The Morgan fingerprint density at radius 1 is 1.05 bits per heavy atom. The van der Waals surface area contributed by atoms with Gasteiger partial charge >= 0.3 is 0 Å². The third-order valence-corrected chi connectivity index (χ3v) is 4.92. The SMILES string of the molecule is Cc1cccc(N2C(=O)C[C@@H](N3CCN(C)CC3)C2=O)c1C. The lowest BCUT2D eigenvalue weighted by Gasteiger charge is -2.35. The highest BCUT2D eigenvalue weighted by molar-refractivity contribution is 6.22. The lowest BCUT2D eigenvalue weighted by Crippen LogP contribution is -2.51. The average Bonchev–Trinajstić information content (AvgIpc) is 2.78. The molecule has 2 amide bonds. The van der Waals surface area contributed by atoms with E-state index in [0.717, 1.165) is 43.0 Å². The van der Waals surface area contributed by atoms with Crippen LogP contribution in [0.1, 0.15) is 17.5 Å². The van der Waals surface area contributed by atoms with Crippen molar-refractivity contribution in [1.29, 1.82) is 0 Å².